The highest BCUT2D eigenvalue weighted by atomic mass is 79.9. The van der Waals surface area contributed by atoms with E-state index >= 15 is 0 Å². The monoisotopic (exact) mass is 413 g/mol. The summed E-state index contributed by atoms with van der Waals surface area (Å²) >= 11 is 3.23. The molecule has 0 radical (unpaired) electrons. The maximum Gasteiger partial charge on any atom is 0.335 e. The van der Waals surface area contributed by atoms with E-state index in [1.165, 1.54) is 30.3 Å². The zero-order valence-electron chi connectivity index (χ0n) is 12.4. The lowest BCUT2D eigenvalue weighted by atomic mass is 10.1. The molecule has 0 unspecified atom stereocenters. The molecular weight excluding hydrogens is 402 g/mol. The summed E-state index contributed by atoms with van der Waals surface area (Å²) in [5.41, 5.74) is 0.165. The van der Waals surface area contributed by atoms with Crippen LogP contribution in [0.15, 0.2) is 45.8 Å². The molecule has 0 aliphatic rings. The minimum atomic E-state index is -3.94. The minimum absolute atomic E-state index is 0.0261. The van der Waals surface area contributed by atoms with E-state index in [0.717, 1.165) is 6.07 Å². The van der Waals surface area contributed by atoms with Crippen molar-refractivity contribution < 1.29 is 23.2 Å². The molecule has 0 aromatic heterocycles. The van der Waals surface area contributed by atoms with Crippen LogP contribution >= 0.6 is 15.9 Å². The number of aryl methyl sites for hydroxylation is 1. The third-order valence-electron chi connectivity index (χ3n) is 3.34. The number of carbonyl (C=O) groups is 1. The van der Waals surface area contributed by atoms with Crippen molar-refractivity contribution in [3.63, 3.8) is 0 Å². The van der Waals surface area contributed by atoms with Gasteiger partial charge in [-0.1, -0.05) is 22.0 Å². The third kappa shape index (κ3) is 3.80. The van der Waals surface area contributed by atoms with Crippen LogP contribution in [0.5, 0.6) is 0 Å². The van der Waals surface area contributed by atoms with Crippen molar-refractivity contribution in [1.82, 2.24) is 0 Å². The van der Waals surface area contributed by atoms with Crippen molar-refractivity contribution in [2.24, 2.45) is 0 Å². The predicted molar refractivity (Wildman–Crippen MR) is 89.8 cm³/mol. The summed E-state index contributed by atoms with van der Waals surface area (Å²) in [5, 5.41) is 20.1. The highest BCUT2D eigenvalue weighted by molar-refractivity contribution is 9.10. The van der Waals surface area contributed by atoms with Gasteiger partial charge in [0, 0.05) is 16.1 Å². The van der Waals surface area contributed by atoms with Gasteiger partial charge in [0.15, 0.2) is 9.84 Å². The maximum atomic E-state index is 12.5. The molecule has 0 saturated carbocycles. The molecule has 2 rings (SSSR count). The molecule has 0 bridgehead atoms. The normalized spacial score (nSPS) is 11.2. The lowest BCUT2D eigenvalue weighted by molar-refractivity contribution is -0.385. The first-order valence-corrected chi connectivity index (χ1v) is 9.06. The van der Waals surface area contributed by atoms with Gasteiger partial charge >= 0.3 is 5.97 Å². The Hall–Kier alpha value is -2.26. The van der Waals surface area contributed by atoms with Gasteiger partial charge in [0.1, 0.15) is 0 Å². The fourth-order valence-corrected chi connectivity index (χ4v) is 3.89. The molecule has 9 heteroatoms. The Balaban J connectivity index is 2.50. The Labute approximate surface area is 146 Å². The largest absolute Gasteiger partial charge is 0.478 e. The fourth-order valence-electron chi connectivity index (χ4n) is 2.10. The summed E-state index contributed by atoms with van der Waals surface area (Å²) in [7, 11) is -3.94. The van der Waals surface area contributed by atoms with E-state index in [1.807, 2.05) is 0 Å². The standard InChI is InChI=1S/C15H12BrNO6S/c1-9-5-14(17(20)21)11(7-13(9)16)8-24(22,23)12-4-2-3-10(6-12)15(18)19/h2-7H,8H2,1H3,(H,18,19). The number of rotatable bonds is 5. The highest BCUT2D eigenvalue weighted by Crippen LogP contribution is 2.30. The number of hydrogen-bond acceptors (Lipinski definition) is 5. The minimum Gasteiger partial charge on any atom is -0.478 e. The van der Waals surface area contributed by atoms with E-state index in [1.54, 1.807) is 6.92 Å². The number of nitrogens with zero attached hydrogens (tertiary/aromatic N) is 1. The van der Waals surface area contributed by atoms with Gasteiger partial charge in [-0.05, 0) is 36.8 Å². The van der Waals surface area contributed by atoms with Crippen molar-refractivity contribution in [3.05, 3.63) is 67.7 Å². The molecule has 0 heterocycles. The summed E-state index contributed by atoms with van der Waals surface area (Å²) in [6, 6.07) is 7.57. The van der Waals surface area contributed by atoms with E-state index in [9.17, 15) is 23.3 Å². The average Bonchev–Trinajstić information content (AvgIpc) is 2.50. The molecule has 2 aromatic carbocycles. The Kier molecular flexibility index (Phi) is 5.05. The first-order chi connectivity index (χ1) is 11.1. The SMILES string of the molecule is Cc1cc([N+](=O)[O-])c(CS(=O)(=O)c2cccc(C(=O)O)c2)cc1Br. The average molecular weight is 414 g/mol. The summed E-state index contributed by atoms with van der Waals surface area (Å²) in [5.74, 6) is -1.86. The zero-order chi connectivity index (χ0) is 18.1. The van der Waals surface area contributed by atoms with Crippen molar-refractivity contribution in [2.45, 2.75) is 17.6 Å². The van der Waals surface area contributed by atoms with Gasteiger partial charge in [0.25, 0.3) is 5.69 Å². The second kappa shape index (κ2) is 6.70. The van der Waals surface area contributed by atoms with Gasteiger partial charge in [-0.3, -0.25) is 10.1 Å². The second-order valence-electron chi connectivity index (χ2n) is 5.08. The van der Waals surface area contributed by atoms with Gasteiger partial charge in [0.2, 0.25) is 0 Å². The molecule has 0 saturated heterocycles. The van der Waals surface area contributed by atoms with Crippen LogP contribution in [-0.4, -0.2) is 24.4 Å². The summed E-state index contributed by atoms with van der Waals surface area (Å²) in [6.07, 6.45) is 0. The third-order valence-corrected chi connectivity index (χ3v) is 5.86. The molecule has 1 N–H and O–H groups in total. The summed E-state index contributed by atoms with van der Waals surface area (Å²) < 4.78 is 25.6. The van der Waals surface area contributed by atoms with Gasteiger partial charge < -0.3 is 5.11 Å². The first-order valence-electron chi connectivity index (χ1n) is 6.61. The second-order valence-corrected chi connectivity index (χ2v) is 7.92. The van der Waals surface area contributed by atoms with Crippen LogP contribution in [-0.2, 0) is 15.6 Å². The zero-order valence-corrected chi connectivity index (χ0v) is 14.8. The van der Waals surface area contributed by atoms with Crippen LogP contribution in [0.3, 0.4) is 0 Å². The van der Waals surface area contributed by atoms with Crippen LogP contribution in [0.25, 0.3) is 0 Å². The molecule has 0 aliphatic heterocycles. The molecule has 0 fully saturated rings. The van der Waals surface area contributed by atoms with Crippen molar-refractivity contribution in [3.8, 4) is 0 Å². The molecule has 126 valence electrons. The number of hydrogen-bond donors (Lipinski definition) is 1. The van der Waals surface area contributed by atoms with Crippen molar-refractivity contribution >= 4 is 37.4 Å². The van der Waals surface area contributed by atoms with Crippen LogP contribution in [0.2, 0.25) is 0 Å². The number of nitro benzene ring substituents is 1. The number of sulfone groups is 1. The molecule has 0 aliphatic carbocycles. The summed E-state index contributed by atoms with van der Waals surface area (Å²) in [4.78, 5) is 21.3. The van der Waals surface area contributed by atoms with Gasteiger partial charge in [-0.2, -0.15) is 0 Å². The van der Waals surface area contributed by atoms with E-state index in [-0.39, 0.29) is 21.7 Å². The number of nitro groups is 1. The first kappa shape index (κ1) is 18.1. The molecule has 24 heavy (non-hydrogen) atoms. The lowest BCUT2D eigenvalue weighted by Crippen LogP contribution is -2.09. The summed E-state index contributed by atoms with van der Waals surface area (Å²) in [6.45, 7) is 1.66. The fraction of sp³-hybridized carbons (Fsp3) is 0.133. The Bertz CT molecular complexity index is 939. The van der Waals surface area contributed by atoms with Crippen molar-refractivity contribution in [1.29, 1.82) is 0 Å². The van der Waals surface area contributed by atoms with Crippen LogP contribution in [0.1, 0.15) is 21.5 Å². The van der Waals surface area contributed by atoms with Gasteiger partial charge in [-0.15, -0.1) is 0 Å². The predicted octanol–water partition coefficient (Wildman–Crippen LogP) is 3.34. The Morgan fingerprint density at radius 2 is 1.96 bits per heavy atom. The van der Waals surface area contributed by atoms with Crippen LogP contribution in [0, 0.1) is 17.0 Å². The van der Waals surface area contributed by atoms with Gasteiger partial charge in [-0.25, -0.2) is 13.2 Å². The van der Waals surface area contributed by atoms with Gasteiger partial charge in [0.05, 0.1) is 21.1 Å². The maximum absolute atomic E-state index is 12.5. The quantitative estimate of drug-likeness (QED) is 0.593. The van der Waals surface area contributed by atoms with Crippen LogP contribution in [0.4, 0.5) is 5.69 Å². The number of halogens is 1. The Morgan fingerprint density at radius 3 is 2.54 bits per heavy atom. The smallest absolute Gasteiger partial charge is 0.335 e. The number of aromatic carboxylic acids is 1. The van der Waals surface area contributed by atoms with Crippen LogP contribution < -0.4 is 0 Å². The molecular formula is C15H12BrNO6S. The van der Waals surface area contributed by atoms with E-state index in [4.69, 9.17) is 5.11 Å². The van der Waals surface area contributed by atoms with E-state index in [0.29, 0.717) is 10.0 Å². The molecule has 0 amide bonds. The van der Waals surface area contributed by atoms with E-state index < -0.39 is 26.5 Å². The number of carboxylic acid groups (broad SMARTS) is 1. The molecule has 0 atom stereocenters. The van der Waals surface area contributed by atoms with Crippen molar-refractivity contribution in [2.75, 3.05) is 0 Å². The number of carboxylic acids is 1. The number of benzene rings is 2. The topological polar surface area (TPSA) is 115 Å². The molecule has 7 nitrogen and oxygen atoms in total. The Morgan fingerprint density at radius 1 is 1.29 bits per heavy atom. The molecule has 2 aromatic rings. The highest BCUT2D eigenvalue weighted by Gasteiger charge is 2.24. The molecule has 0 spiro atoms. The van der Waals surface area contributed by atoms with E-state index in [2.05, 4.69) is 15.9 Å². The lowest BCUT2D eigenvalue weighted by Gasteiger charge is -2.08.